The zero-order valence-corrected chi connectivity index (χ0v) is 39.8. The highest BCUT2D eigenvalue weighted by Crippen LogP contribution is 2.43. The fraction of sp³-hybridized carbons (Fsp3) is 0.457. The van der Waals surface area contributed by atoms with Crippen LogP contribution in [0.15, 0.2) is 106 Å². The Balaban J connectivity index is 1.28. The highest BCUT2D eigenvalue weighted by molar-refractivity contribution is 8.03. The Morgan fingerprint density at radius 1 is 1.00 bits per heavy atom. The molecule has 0 spiro atoms. The number of allylic oxidation sites excluding steroid dienone is 4. The van der Waals surface area contributed by atoms with Gasteiger partial charge in [0.25, 0.3) is 25.8 Å². The maximum Gasteiger partial charge on any atom is 0.501 e. The number of benzene rings is 3. The highest BCUT2D eigenvalue weighted by Gasteiger charge is 2.48. The van der Waals surface area contributed by atoms with Crippen molar-refractivity contribution in [2.75, 3.05) is 68.8 Å². The SMILES string of the molecule is C=C/C=C(\C)SC[C@@H](CCN(C)CCC)Nc1ccc(S(=O)(=O)NC(=O)c2ccc(N3CCN(CC4=C(c5ccc(Cl)cc5)CCC(C)(C)C4)CC3)cc2)cc1S(=O)(=O)C(F)(F)F. The second-order valence-electron chi connectivity index (χ2n) is 17.0. The molecule has 344 valence electrons. The van der Waals surface area contributed by atoms with Gasteiger partial charge in [-0.15, -0.1) is 11.8 Å². The molecule has 17 heteroatoms. The third kappa shape index (κ3) is 13.6. The molecular weight excluding hydrogens is 891 g/mol. The van der Waals surface area contributed by atoms with Crippen LogP contribution in [0.5, 0.6) is 0 Å². The van der Waals surface area contributed by atoms with E-state index in [4.69, 9.17) is 11.6 Å². The third-order valence-electron chi connectivity index (χ3n) is 11.4. The van der Waals surface area contributed by atoms with Crippen LogP contribution in [-0.4, -0.2) is 103 Å². The van der Waals surface area contributed by atoms with Crippen LogP contribution in [0, 0.1) is 5.41 Å². The monoisotopic (exact) mass is 949 g/mol. The number of anilines is 2. The van der Waals surface area contributed by atoms with Crippen molar-refractivity contribution in [1.29, 1.82) is 0 Å². The molecule has 63 heavy (non-hydrogen) atoms. The van der Waals surface area contributed by atoms with Gasteiger partial charge in [-0.25, -0.2) is 21.6 Å². The van der Waals surface area contributed by atoms with Gasteiger partial charge in [-0.3, -0.25) is 9.69 Å². The van der Waals surface area contributed by atoms with Crippen molar-refractivity contribution in [2.24, 2.45) is 5.41 Å². The smallest absolute Gasteiger partial charge is 0.380 e. The van der Waals surface area contributed by atoms with Crippen LogP contribution in [0.3, 0.4) is 0 Å². The number of hydrogen-bond donors (Lipinski definition) is 2. The molecule has 3 aromatic rings. The molecule has 3 aromatic carbocycles. The number of thioether (sulfide) groups is 1. The van der Waals surface area contributed by atoms with Crippen LogP contribution in [-0.2, 0) is 19.9 Å². The van der Waals surface area contributed by atoms with Crippen molar-refractivity contribution < 1.29 is 34.8 Å². The van der Waals surface area contributed by atoms with Gasteiger partial charge in [-0.1, -0.05) is 68.8 Å². The van der Waals surface area contributed by atoms with Crippen molar-refractivity contribution in [1.82, 2.24) is 14.5 Å². The van der Waals surface area contributed by atoms with Gasteiger partial charge in [0.05, 0.1) is 10.6 Å². The average Bonchev–Trinajstić information content (AvgIpc) is 3.22. The quantitative estimate of drug-likeness (QED) is 0.113. The summed E-state index contributed by atoms with van der Waals surface area (Å²) in [6.45, 7) is 17.5. The predicted molar refractivity (Wildman–Crippen MR) is 252 cm³/mol. The Morgan fingerprint density at radius 2 is 1.67 bits per heavy atom. The first kappa shape index (κ1) is 50.2. The summed E-state index contributed by atoms with van der Waals surface area (Å²) in [4.78, 5) is 18.8. The van der Waals surface area contributed by atoms with Crippen molar-refractivity contribution >= 4 is 66.1 Å². The maximum atomic E-state index is 14.1. The molecule has 0 unspecified atom stereocenters. The first-order chi connectivity index (χ1) is 29.6. The van der Waals surface area contributed by atoms with Crippen LogP contribution in [0.25, 0.3) is 5.57 Å². The first-order valence-electron chi connectivity index (χ1n) is 21.1. The van der Waals surface area contributed by atoms with Gasteiger partial charge in [-0.05, 0) is 135 Å². The molecule has 5 rings (SSSR count). The molecule has 0 saturated carbocycles. The summed E-state index contributed by atoms with van der Waals surface area (Å²) < 4.78 is 97.1. The molecule has 1 aliphatic heterocycles. The first-order valence-corrected chi connectivity index (χ1v) is 25.4. The number of amides is 1. The Labute approximate surface area is 381 Å². The third-order valence-corrected chi connectivity index (χ3v) is 15.7. The van der Waals surface area contributed by atoms with E-state index in [-0.39, 0.29) is 11.0 Å². The highest BCUT2D eigenvalue weighted by atomic mass is 35.5. The van der Waals surface area contributed by atoms with E-state index in [1.807, 2.05) is 37.7 Å². The Kier molecular flexibility index (Phi) is 17.1. The van der Waals surface area contributed by atoms with Gasteiger partial charge >= 0.3 is 5.51 Å². The van der Waals surface area contributed by atoms with Crippen molar-refractivity contribution in [3.05, 3.63) is 112 Å². The molecule has 1 heterocycles. The second-order valence-corrected chi connectivity index (χ2v) is 22.3. The Hall–Kier alpha value is -3.80. The van der Waals surface area contributed by atoms with E-state index in [1.54, 1.807) is 24.3 Å². The van der Waals surface area contributed by atoms with Gasteiger partial charge in [0, 0.05) is 60.8 Å². The lowest BCUT2D eigenvalue weighted by Gasteiger charge is -2.39. The molecule has 0 aromatic heterocycles. The zero-order chi connectivity index (χ0) is 46.2. The molecule has 1 fully saturated rings. The molecular formula is C46H59ClF3N5O5S3. The molecule has 1 amide bonds. The average molecular weight is 951 g/mol. The van der Waals surface area contributed by atoms with E-state index in [0.717, 1.165) is 87.7 Å². The number of nitrogens with zero attached hydrogens (tertiary/aromatic N) is 3. The lowest BCUT2D eigenvalue weighted by Crippen LogP contribution is -2.47. The van der Waals surface area contributed by atoms with Crippen molar-refractivity contribution in [2.45, 2.75) is 81.1 Å². The minimum atomic E-state index is -6.04. The summed E-state index contributed by atoms with van der Waals surface area (Å²) in [6.07, 6.45) is 7.89. The van der Waals surface area contributed by atoms with E-state index < -0.39 is 52.8 Å². The lowest BCUT2D eigenvalue weighted by atomic mass is 9.73. The number of sulfone groups is 1. The second kappa shape index (κ2) is 21.5. The van der Waals surface area contributed by atoms with Crippen LogP contribution in [0.2, 0.25) is 5.02 Å². The Bertz CT molecular complexity index is 2360. The largest absolute Gasteiger partial charge is 0.501 e. The number of rotatable bonds is 19. The lowest BCUT2D eigenvalue weighted by molar-refractivity contribution is -0.0435. The topological polar surface area (TPSA) is 119 Å². The molecule has 2 N–H and O–H groups in total. The molecule has 0 radical (unpaired) electrons. The minimum absolute atomic E-state index is 0.00172. The number of halogens is 4. The summed E-state index contributed by atoms with van der Waals surface area (Å²) in [5.74, 6) is -0.652. The maximum absolute atomic E-state index is 14.1. The summed E-state index contributed by atoms with van der Waals surface area (Å²) in [5, 5.41) is 3.67. The number of sulfonamides is 1. The normalized spacial score (nSPS) is 17.2. The van der Waals surface area contributed by atoms with Gasteiger partial charge in [0.2, 0.25) is 0 Å². The number of nitrogens with one attached hydrogen (secondary N) is 2. The Morgan fingerprint density at radius 3 is 2.29 bits per heavy atom. The number of carbonyl (C=O) groups excluding carboxylic acids is 1. The minimum Gasteiger partial charge on any atom is -0.380 e. The zero-order valence-electron chi connectivity index (χ0n) is 36.6. The van der Waals surface area contributed by atoms with Crippen LogP contribution < -0.4 is 14.9 Å². The number of piperazine rings is 1. The number of carbonyl (C=O) groups is 1. The predicted octanol–water partition coefficient (Wildman–Crippen LogP) is 9.87. The summed E-state index contributed by atoms with van der Waals surface area (Å²) in [6, 6.07) is 16.4. The fourth-order valence-electron chi connectivity index (χ4n) is 7.93. The van der Waals surface area contributed by atoms with Crippen molar-refractivity contribution in [3.8, 4) is 0 Å². The number of alkyl halides is 3. The summed E-state index contributed by atoms with van der Waals surface area (Å²) >= 11 is 7.61. The molecule has 10 nitrogen and oxygen atoms in total. The van der Waals surface area contributed by atoms with E-state index in [0.29, 0.717) is 29.8 Å². The molecule has 1 aliphatic carbocycles. The van der Waals surface area contributed by atoms with E-state index >= 15 is 0 Å². The van der Waals surface area contributed by atoms with Gasteiger partial charge in [0.15, 0.2) is 0 Å². The summed E-state index contributed by atoms with van der Waals surface area (Å²) in [5.41, 5.74) is -1.01. The van der Waals surface area contributed by atoms with Crippen LogP contribution >= 0.6 is 23.4 Å². The van der Waals surface area contributed by atoms with Gasteiger partial charge in [0.1, 0.15) is 4.90 Å². The van der Waals surface area contributed by atoms with Gasteiger partial charge in [-0.2, -0.15) is 13.2 Å². The van der Waals surface area contributed by atoms with Crippen LogP contribution in [0.1, 0.15) is 75.7 Å². The van der Waals surface area contributed by atoms with E-state index in [1.165, 1.54) is 40.6 Å². The van der Waals surface area contributed by atoms with Crippen LogP contribution in [0.4, 0.5) is 24.5 Å². The molecule has 1 atom stereocenters. The van der Waals surface area contributed by atoms with Gasteiger partial charge < -0.3 is 15.1 Å². The van der Waals surface area contributed by atoms with E-state index in [2.05, 4.69) is 52.6 Å². The molecule has 0 bridgehead atoms. The summed E-state index contributed by atoms with van der Waals surface area (Å²) in [7, 11) is -8.95. The molecule has 2 aliphatic rings. The van der Waals surface area contributed by atoms with E-state index in [9.17, 15) is 34.8 Å². The molecule has 1 saturated heterocycles. The number of hydrogen-bond acceptors (Lipinski definition) is 10. The standard InChI is InChI=1S/C46H59ClF3N5O5S3/c1-7-9-33(3)61-32-38(21-24-53(6)23-8-2)51-42-19-18-40(29-43(42)62(57,58)46(48,49)50)63(59,60)52-44(56)35-12-16-39(17-13-35)55-27-25-54(26-28-55)31-36-30-45(4,5)22-20-41(36)34-10-14-37(47)15-11-34/h7,9-19,29,38,51H,1,8,20-28,30-32H2,2-6H3,(H,52,56)/b33-9+/t38-/m1/s1. The fourth-order valence-corrected chi connectivity index (χ4v) is 11.0. The van der Waals surface area contributed by atoms with Crippen molar-refractivity contribution in [3.63, 3.8) is 0 Å².